The van der Waals surface area contributed by atoms with E-state index in [2.05, 4.69) is 10.3 Å². The Hall–Kier alpha value is -1.86. The van der Waals surface area contributed by atoms with E-state index in [-0.39, 0.29) is 22.0 Å². The van der Waals surface area contributed by atoms with Gasteiger partial charge in [-0.2, -0.15) is 0 Å². The van der Waals surface area contributed by atoms with Gasteiger partial charge < -0.3 is 10.4 Å². The molecule has 2 rings (SSSR count). The Morgan fingerprint density at radius 2 is 2.05 bits per heavy atom. The van der Waals surface area contributed by atoms with Crippen molar-refractivity contribution in [1.82, 2.24) is 10.3 Å². The Bertz CT molecular complexity index is 651. The molecule has 0 saturated carbocycles. The number of halogens is 2. The highest BCUT2D eigenvalue weighted by Crippen LogP contribution is 2.31. The molecular formula is C14H14F2N2O2S. The van der Waals surface area contributed by atoms with Gasteiger partial charge in [0.1, 0.15) is 21.5 Å². The molecule has 1 atom stereocenters. The average Bonchev–Trinajstić information content (AvgIpc) is 2.77. The number of hydrogen-bond donors (Lipinski definition) is 2. The molecule has 7 heteroatoms. The summed E-state index contributed by atoms with van der Waals surface area (Å²) in [5.41, 5.74) is 0.154. The Morgan fingerprint density at radius 3 is 2.62 bits per heavy atom. The van der Waals surface area contributed by atoms with Crippen molar-refractivity contribution in [2.75, 3.05) is 6.54 Å². The third kappa shape index (κ3) is 3.43. The van der Waals surface area contributed by atoms with Gasteiger partial charge in [0.2, 0.25) is 0 Å². The van der Waals surface area contributed by atoms with Crippen molar-refractivity contribution in [1.29, 1.82) is 0 Å². The highest BCUT2D eigenvalue weighted by atomic mass is 32.1. The van der Waals surface area contributed by atoms with Crippen LogP contribution < -0.4 is 5.32 Å². The normalized spacial score (nSPS) is 12.2. The number of thiazole rings is 1. The van der Waals surface area contributed by atoms with E-state index in [4.69, 9.17) is 5.11 Å². The average molecular weight is 312 g/mol. The van der Waals surface area contributed by atoms with E-state index in [0.717, 1.165) is 23.5 Å². The Balaban J connectivity index is 2.33. The fourth-order valence-electron chi connectivity index (χ4n) is 1.74. The molecule has 2 N–H and O–H groups in total. The first-order chi connectivity index (χ1) is 9.90. The topological polar surface area (TPSA) is 62.2 Å². The molecule has 0 aliphatic heterocycles. The number of benzene rings is 1. The molecule has 0 aliphatic carbocycles. The lowest BCUT2D eigenvalue weighted by atomic mass is 10.2. The number of aromatic nitrogens is 1. The number of nitrogens with one attached hydrogen (secondary N) is 1. The van der Waals surface area contributed by atoms with Crippen LogP contribution in [0, 0.1) is 18.6 Å². The first-order valence-electron chi connectivity index (χ1n) is 6.28. The standard InChI is InChI=1S/C14H14F2N2O2S/c1-7(19)6-17-13(20)12-8(2)18-14(21-12)11-9(15)4-3-5-10(11)16/h3-5,7,19H,6H2,1-2H3,(H,17,20). The van der Waals surface area contributed by atoms with Crippen molar-refractivity contribution in [3.8, 4) is 10.6 Å². The zero-order valence-electron chi connectivity index (χ0n) is 11.5. The monoisotopic (exact) mass is 312 g/mol. The molecule has 1 heterocycles. The molecule has 1 unspecified atom stereocenters. The molecule has 0 spiro atoms. The highest BCUT2D eigenvalue weighted by Gasteiger charge is 2.20. The van der Waals surface area contributed by atoms with Gasteiger partial charge in [0.15, 0.2) is 0 Å². The van der Waals surface area contributed by atoms with Crippen LogP contribution in [-0.4, -0.2) is 28.6 Å². The largest absolute Gasteiger partial charge is 0.392 e. The highest BCUT2D eigenvalue weighted by molar-refractivity contribution is 7.17. The fraction of sp³-hybridized carbons (Fsp3) is 0.286. The Labute approximate surface area is 124 Å². The molecule has 0 saturated heterocycles. The van der Waals surface area contributed by atoms with Gasteiger partial charge in [-0.15, -0.1) is 11.3 Å². The summed E-state index contributed by atoms with van der Waals surface area (Å²) in [6.45, 7) is 3.23. The number of aliphatic hydroxyl groups excluding tert-OH is 1. The lowest BCUT2D eigenvalue weighted by Gasteiger charge is -2.05. The number of carbonyl (C=O) groups is 1. The summed E-state index contributed by atoms with van der Waals surface area (Å²) in [6, 6.07) is 3.55. The Kier molecular flexibility index (Phi) is 4.64. The van der Waals surface area contributed by atoms with E-state index in [1.165, 1.54) is 6.07 Å². The molecule has 4 nitrogen and oxygen atoms in total. The van der Waals surface area contributed by atoms with Gasteiger partial charge in [0.05, 0.1) is 17.4 Å². The van der Waals surface area contributed by atoms with Crippen LogP contribution in [-0.2, 0) is 0 Å². The third-order valence-electron chi connectivity index (χ3n) is 2.74. The SMILES string of the molecule is Cc1nc(-c2c(F)cccc2F)sc1C(=O)NCC(C)O. The van der Waals surface area contributed by atoms with Crippen molar-refractivity contribution >= 4 is 17.2 Å². The van der Waals surface area contributed by atoms with Gasteiger partial charge in [-0.25, -0.2) is 13.8 Å². The number of nitrogens with zero attached hydrogens (tertiary/aromatic N) is 1. The molecule has 0 aliphatic rings. The van der Waals surface area contributed by atoms with Crippen LogP contribution in [0.1, 0.15) is 22.3 Å². The number of hydrogen-bond acceptors (Lipinski definition) is 4. The summed E-state index contributed by atoms with van der Waals surface area (Å²) < 4.78 is 27.5. The van der Waals surface area contributed by atoms with Crippen LogP contribution in [0.3, 0.4) is 0 Å². The quantitative estimate of drug-likeness (QED) is 0.912. The fourth-order valence-corrected chi connectivity index (χ4v) is 2.77. The smallest absolute Gasteiger partial charge is 0.263 e. The van der Waals surface area contributed by atoms with E-state index >= 15 is 0 Å². The minimum atomic E-state index is -0.723. The second-order valence-electron chi connectivity index (χ2n) is 4.59. The first kappa shape index (κ1) is 15.5. The minimum Gasteiger partial charge on any atom is -0.392 e. The zero-order chi connectivity index (χ0) is 15.6. The van der Waals surface area contributed by atoms with Crippen LogP contribution in [0.2, 0.25) is 0 Å². The number of rotatable bonds is 4. The number of aliphatic hydroxyl groups is 1. The van der Waals surface area contributed by atoms with Crippen LogP contribution in [0.15, 0.2) is 18.2 Å². The maximum Gasteiger partial charge on any atom is 0.263 e. The van der Waals surface area contributed by atoms with Gasteiger partial charge in [-0.05, 0) is 26.0 Å². The molecule has 21 heavy (non-hydrogen) atoms. The molecule has 1 aromatic carbocycles. The van der Waals surface area contributed by atoms with Crippen LogP contribution >= 0.6 is 11.3 Å². The molecule has 0 radical (unpaired) electrons. The van der Waals surface area contributed by atoms with Crippen molar-refractivity contribution in [2.24, 2.45) is 0 Å². The van der Waals surface area contributed by atoms with Crippen molar-refractivity contribution in [3.05, 3.63) is 40.4 Å². The summed E-state index contributed by atoms with van der Waals surface area (Å²) in [5, 5.41) is 11.8. The van der Waals surface area contributed by atoms with Crippen LogP contribution in [0.4, 0.5) is 8.78 Å². The van der Waals surface area contributed by atoms with Crippen LogP contribution in [0.5, 0.6) is 0 Å². The molecule has 1 aromatic heterocycles. The molecule has 112 valence electrons. The van der Waals surface area contributed by atoms with Gasteiger partial charge in [-0.3, -0.25) is 4.79 Å². The van der Waals surface area contributed by atoms with Crippen molar-refractivity contribution in [3.63, 3.8) is 0 Å². The van der Waals surface area contributed by atoms with Gasteiger partial charge >= 0.3 is 0 Å². The third-order valence-corrected chi connectivity index (χ3v) is 3.91. The predicted octanol–water partition coefficient (Wildman–Crippen LogP) is 2.51. The lowest BCUT2D eigenvalue weighted by Crippen LogP contribution is -2.30. The molecule has 0 bridgehead atoms. The summed E-state index contributed by atoms with van der Waals surface area (Å²) in [7, 11) is 0. The minimum absolute atomic E-state index is 0.0968. The van der Waals surface area contributed by atoms with Crippen molar-refractivity contribution in [2.45, 2.75) is 20.0 Å². The lowest BCUT2D eigenvalue weighted by molar-refractivity contribution is 0.0927. The van der Waals surface area contributed by atoms with E-state index in [1.807, 2.05) is 0 Å². The second kappa shape index (κ2) is 6.28. The molecule has 0 fully saturated rings. The maximum absolute atomic E-state index is 13.7. The number of carbonyl (C=O) groups excluding carboxylic acids is 1. The first-order valence-corrected chi connectivity index (χ1v) is 7.10. The maximum atomic E-state index is 13.7. The summed E-state index contributed by atoms with van der Waals surface area (Å²) >= 11 is 0.916. The van der Waals surface area contributed by atoms with E-state index in [1.54, 1.807) is 13.8 Å². The van der Waals surface area contributed by atoms with E-state index in [0.29, 0.717) is 5.69 Å². The zero-order valence-corrected chi connectivity index (χ0v) is 12.3. The van der Waals surface area contributed by atoms with Gasteiger partial charge in [0.25, 0.3) is 5.91 Å². The Morgan fingerprint density at radius 1 is 1.43 bits per heavy atom. The van der Waals surface area contributed by atoms with Gasteiger partial charge in [0, 0.05) is 6.54 Å². The molecular weight excluding hydrogens is 298 g/mol. The van der Waals surface area contributed by atoms with Crippen molar-refractivity contribution < 1.29 is 18.7 Å². The summed E-state index contributed by atoms with van der Waals surface area (Å²) in [6.07, 6.45) is -0.675. The second-order valence-corrected chi connectivity index (χ2v) is 5.59. The van der Waals surface area contributed by atoms with Crippen LogP contribution in [0.25, 0.3) is 10.6 Å². The van der Waals surface area contributed by atoms with Gasteiger partial charge in [-0.1, -0.05) is 6.07 Å². The van der Waals surface area contributed by atoms with E-state index in [9.17, 15) is 13.6 Å². The number of amides is 1. The summed E-state index contributed by atoms with van der Waals surface area (Å²) in [5.74, 6) is -1.87. The molecule has 1 amide bonds. The number of aryl methyl sites for hydroxylation is 1. The van der Waals surface area contributed by atoms with E-state index < -0.39 is 23.6 Å². The molecule has 2 aromatic rings. The predicted molar refractivity (Wildman–Crippen MR) is 76.2 cm³/mol. The summed E-state index contributed by atoms with van der Waals surface area (Å²) in [4.78, 5) is 16.3.